The van der Waals surface area contributed by atoms with E-state index in [0.29, 0.717) is 12.4 Å². The molecular formula is C25H29N3O. The number of aryl methyl sites for hydroxylation is 2. The zero-order chi connectivity index (χ0) is 20.5. The fourth-order valence-corrected chi connectivity index (χ4v) is 4.22. The summed E-state index contributed by atoms with van der Waals surface area (Å²) in [4.78, 5) is 2.32. The van der Waals surface area contributed by atoms with Gasteiger partial charge in [-0.2, -0.15) is 0 Å². The van der Waals surface area contributed by atoms with Gasteiger partial charge in [0.2, 0.25) is 0 Å². The first-order valence-corrected chi connectivity index (χ1v) is 10.1. The molecule has 2 aliphatic rings. The molecule has 150 valence electrons. The summed E-state index contributed by atoms with van der Waals surface area (Å²) in [7, 11) is 2.14. The van der Waals surface area contributed by atoms with Crippen LogP contribution < -0.4 is 11.5 Å². The average molecular weight is 388 g/mol. The Kier molecular flexibility index (Phi) is 5.31. The number of nitrogens with zero attached hydrogens (tertiary/aromatic N) is 1. The molecule has 0 saturated carbocycles. The SMILES string of the molecule is Cc1ccc(/C=C2\CN(C)CC3=C2OC(N)=C(CN)C3c2ccc(C)cc2)cc1. The van der Waals surface area contributed by atoms with E-state index in [1.54, 1.807) is 0 Å². The Morgan fingerprint density at radius 2 is 1.62 bits per heavy atom. The third-order valence-electron chi connectivity index (χ3n) is 5.74. The van der Waals surface area contributed by atoms with Crippen LogP contribution in [0.15, 0.2) is 76.9 Å². The van der Waals surface area contributed by atoms with Crippen molar-refractivity contribution in [1.29, 1.82) is 0 Å². The van der Waals surface area contributed by atoms with Crippen molar-refractivity contribution in [3.8, 4) is 0 Å². The standard InChI is InChI=1S/C25H29N3O/c1-16-4-8-18(9-5-16)12-20-14-28(3)15-22-23(19-10-6-17(2)7-11-19)21(13-26)25(27)29-24(20)22/h4-12,23H,13-15,26-27H2,1-3H3/b20-12+. The first kappa shape index (κ1) is 19.5. The average Bonchev–Trinajstić information content (AvgIpc) is 2.70. The number of ether oxygens (including phenoxy) is 1. The predicted molar refractivity (Wildman–Crippen MR) is 119 cm³/mol. The van der Waals surface area contributed by atoms with Crippen LogP contribution in [0.4, 0.5) is 0 Å². The molecule has 2 aromatic carbocycles. The monoisotopic (exact) mass is 387 g/mol. The molecule has 0 radical (unpaired) electrons. The number of benzene rings is 2. The Hall–Kier alpha value is -2.82. The van der Waals surface area contributed by atoms with E-state index < -0.39 is 0 Å². The summed E-state index contributed by atoms with van der Waals surface area (Å²) >= 11 is 0. The molecule has 4 heteroatoms. The summed E-state index contributed by atoms with van der Waals surface area (Å²) in [5.41, 5.74) is 20.7. The maximum Gasteiger partial charge on any atom is 0.192 e. The summed E-state index contributed by atoms with van der Waals surface area (Å²) in [6.45, 7) is 6.22. The van der Waals surface area contributed by atoms with Crippen molar-refractivity contribution >= 4 is 6.08 Å². The highest BCUT2D eigenvalue weighted by Gasteiger charge is 2.36. The van der Waals surface area contributed by atoms with Crippen molar-refractivity contribution < 1.29 is 4.74 Å². The van der Waals surface area contributed by atoms with E-state index >= 15 is 0 Å². The highest BCUT2D eigenvalue weighted by Crippen LogP contribution is 2.43. The quantitative estimate of drug-likeness (QED) is 0.840. The van der Waals surface area contributed by atoms with Gasteiger partial charge in [-0.15, -0.1) is 0 Å². The second-order valence-electron chi connectivity index (χ2n) is 8.15. The van der Waals surface area contributed by atoms with Gasteiger partial charge in [0.15, 0.2) is 5.88 Å². The maximum atomic E-state index is 6.37. The van der Waals surface area contributed by atoms with Crippen molar-refractivity contribution in [2.45, 2.75) is 19.8 Å². The summed E-state index contributed by atoms with van der Waals surface area (Å²) in [6, 6.07) is 17.2. The van der Waals surface area contributed by atoms with E-state index in [9.17, 15) is 0 Å². The van der Waals surface area contributed by atoms with Gasteiger partial charge in [0, 0.05) is 36.7 Å². The summed E-state index contributed by atoms with van der Waals surface area (Å²) in [5.74, 6) is 1.40. The first-order valence-electron chi connectivity index (χ1n) is 10.1. The van der Waals surface area contributed by atoms with Crippen molar-refractivity contribution in [2.75, 3.05) is 26.7 Å². The number of hydrogen-bond donors (Lipinski definition) is 2. The number of rotatable bonds is 3. The van der Waals surface area contributed by atoms with Gasteiger partial charge in [0.05, 0.1) is 0 Å². The molecule has 4 N–H and O–H groups in total. The van der Waals surface area contributed by atoms with Gasteiger partial charge in [-0.1, -0.05) is 59.7 Å². The molecule has 2 aromatic rings. The van der Waals surface area contributed by atoms with Crippen LogP contribution in [0.5, 0.6) is 0 Å². The molecule has 0 fully saturated rings. The third-order valence-corrected chi connectivity index (χ3v) is 5.74. The van der Waals surface area contributed by atoms with Crippen LogP contribution in [0.3, 0.4) is 0 Å². The van der Waals surface area contributed by atoms with E-state index in [1.165, 1.54) is 22.3 Å². The predicted octanol–water partition coefficient (Wildman–Crippen LogP) is 3.83. The van der Waals surface area contributed by atoms with Crippen molar-refractivity contribution in [3.05, 3.63) is 99.1 Å². The fourth-order valence-electron chi connectivity index (χ4n) is 4.22. The lowest BCUT2D eigenvalue weighted by Gasteiger charge is -2.38. The van der Waals surface area contributed by atoms with Crippen LogP contribution in [-0.4, -0.2) is 31.6 Å². The minimum Gasteiger partial charge on any atom is -0.441 e. The molecule has 1 atom stereocenters. The second kappa shape index (κ2) is 7.90. The highest BCUT2D eigenvalue weighted by molar-refractivity contribution is 5.62. The lowest BCUT2D eigenvalue weighted by molar-refractivity contribution is 0.248. The molecule has 0 aromatic heterocycles. The van der Waals surface area contributed by atoms with Gasteiger partial charge in [-0.05, 0) is 43.7 Å². The molecule has 0 saturated heterocycles. The van der Waals surface area contributed by atoms with E-state index in [1.807, 2.05) is 0 Å². The molecule has 0 spiro atoms. The Morgan fingerprint density at radius 1 is 1.00 bits per heavy atom. The van der Waals surface area contributed by atoms with Gasteiger partial charge in [-0.3, -0.25) is 4.90 Å². The Morgan fingerprint density at radius 3 is 2.24 bits per heavy atom. The van der Waals surface area contributed by atoms with Gasteiger partial charge >= 0.3 is 0 Å². The molecule has 0 bridgehead atoms. The second-order valence-corrected chi connectivity index (χ2v) is 8.15. The van der Waals surface area contributed by atoms with Crippen molar-refractivity contribution in [2.24, 2.45) is 11.5 Å². The summed E-state index contributed by atoms with van der Waals surface area (Å²) < 4.78 is 6.19. The minimum atomic E-state index is 0.0496. The van der Waals surface area contributed by atoms with Gasteiger partial charge in [0.1, 0.15) is 5.76 Å². The molecule has 0 aliphatic carbocycles. The van der Waals surface area contributed by atoms with E-state index in [0.717, 1.165) is 35.6 Å². The van der Waals surface area contributed by atoms with E-state index in [-0.39, 0.29) is 5.92 Å². The highest BCUT2D eigenvalue weighted by atomic mass is 16.5. The summed E-state index contributed by atoms with van der Waals surface area (Å²) in [5, 5.41) is 0. The number of hydrogen-bond acceptors (Lipinski definition) is 4. The normalized spacial score (nSPS) is 21.4. The fraction of sp³-hybridized carbons (Fsp3) is 0.280. The zero-order valence-corrected chi connectivity index (χ0v) is 17.4. The Bertz CT molecular complexity index is 997. The largest absolute Gasteiger partial charge is 0.441 e. The van der Waals surface area contributed by atoms with Gasteiger partial charge in [0.25, 0.3) is 0 Å². The maximum absolute atomic E-state index is 6.37. The van der Waals surface area contributed by atoms with Crippen LogP contribution in [0.25, 0.3) is 6.08 Å². The molecule has 4 rings (SSSR count). The molecule has 29 heavy (non-hydrogen) atoms. The van der Waals surface area contributed by atoms with Crippen LogP contribution >= 0.6 is 0 Å². The topological polar surface area (TPSA) is 64.5 Å². The minimum absolute atomic E-state index is 0.0496. The Balaban J connectivity index is 1.84. The Labute approximate surface area is 173 Å². The molecule has 2 aliphatic heterocycles. The summed E-state index contributed by atoms with van der Waals surface area (Å²) in [6.07, 6.45) is 2.21. The van der Waals surface area contributed by atoms with Crippen molar-refractivity contribution in [1.82, 2.24) is 4.90 Å². The lowest BCUT2D eigenvalue weighted by atomic mass is 9.79. The van der Waals surface area contributed by atoms with Crippen LogP contribution in [-0.2, 0) is 4.74 Å². The smallest absolute Gasteiger partial charge is 0.192 e. The molecule has 0 amide bonds. The van der Waals surface area contributed by atoms with E-state index in [2.05, 4.69) is 80.4 Å². The zero-order valence-electron chi connectivity index (χ0n) is 17.4. The van der Waals surface area contributed by atoms with Crippen LogP contribution in [0, 0.1) is 13.8 Å². The first-order chi connectivity index (χ1) is 14.0. The van der Waals surface area contributed by atoms with E-state index in [4.69, 9.17) is 16.2 Å². The number of likely N-dealkylation sites (N-methyl/N-ethyl adjacent to an activating group) is 1. The molecule has 4 nitrogen and oxygen atoms in total. The molecule has 2 heterocycles. The van der Waals surface area contributed by atoms with Crippen molar-refractivity contribution in [3.63, 3.8) is 0 Å². The third kappa shape index (κ3) is 3.86. The van der Waals surface area contributed by atoms with Crippen LogP contribution in [0.2, 0.25) is 0 Å². The molecular weight excluding hydrogens is 358 g/mol. The number of nitrogens with two attached hydrogens (primary N) is 2. The van der Waals surface area contributed by atoms with Gasteiger partial charge < -0.3 is 16.2 Å². The van der Waals surface area contributed by atoms with Crippen LogP contribution in [0.1, 0.15) is 28.2 Å². The van der Waals surface area contributed by atoms with Gasteiger partial charge in [-0.25, -0.2) is 0 Å². The molecule has 1 unspecified atom stereocenters. The lowest BCUT2D eigenvalue weighted by Crippen LogP contribution is -2.37.